The largest absolute Gasteiger partial charge is 0.477 e. The van der Waals surface area contributed by atoms with Crippen LogP contribution in [0.3, 0.4) is 0 Å². The molecule has 0 radical (unpaired) electrons. The van der Waals surface area contributed by atoms with Gasteiger partial charge in [-0.3, -0.25) is 0 Å². The summed E-state index contributed by atoms with van der Waals surface area (Å²) in [5, 5.41) is 19.3. The molecule has 2 rings (SSSR count). The van der Waals surface area contributed by atoms with Crippen molar-refractivity contribution in [2.24, 2.45) is 0 Å². The average molecular weight is 262 g/mol. The fourth-order valence-corrected chi connectivity index (χ4v) is 2.92. The maximum absolute atomic E-state index is 10.7. The second-order valence-electron chi connectivity index (χ2n) is 3.04. The maximum Gasteiger partial charge on any atom is 0.345 e. The monoisotopic (exact) mass is 262 g/mol. The third kappa shape index (κ3) is 2.84. The van der Waals surface area contributed by atoms with Crippen molar-refractivity contribution >= 4 is 29.1 Å². The van der Waals surface area contributed by atoms with Crippen molar-refractivity contribution < 1.29 is 9.90 Å². The Bertz CT molecular complexity index is 602. The molecule has 0 spiro atoms. The zero-order valence-corrected chi connectivity index (χ0v) is 10.1. The van der Waals surface area contributed by atoms with Gasteiger partial charge in [0.05, 0.1) is 0 Å². The van der Waals surface area contributed by atoms with Crippen LogP contribution in [-0.4, -0.2) is 16.1 Å². The van der Waals surface area contributed by atoms with E-state index < -0.39 is 5.97 Å². The summed E-state index contributed by atoms with van der Waals surface area (Å²) in [6, 6.07) is 7.03. The number of nitriles is 1. The molecule has 84 valence electrons. The second-order valence-corrected chi connectivity index (χ2v) is 5.10. The van der Waals surface area contributed by atoms with Crippen LogP contribution in [-0.2, 0) is 0 Å². The summed E-state index contributed by atoms with van der Waals surface area (Å²) in [4.78, 5) is 16.6. The summed E-state index contributed by atoms with van der Waals surface area (Å²) in [5.41, 5.74) is 0.351. The average Bonchev–Trinajstić information content (AvgIpc) is 2.78. The van der Waals surface area contributed by atoms with Gasteiger partial charge in [0.25, 0.3) is 0 Å². The number of pyridine rings is 1. The van der Waals surface area contributed by atoms with Crippen LogP contribution in [0.15, 0.2) is 39.6 Å². The molecule has 0 fully saturated rings. The minimum Gasteiger partial charge on any atom is -0.477 e. The quantitative estimate of drug-likeness (QED) is 0.920. The molecule has 4 nitrogen and oxygen atoms in total. The minimum absolute atomic E-state index is 0.307. The SMILES string of the molecule is N#Cc1cc(Sc2csc(C(=O)O)c2)ccn1. The lowest BCUT2D eigenvalue weighted by atomic mass is 10.4. The number of carboxylic acids is 1. The van der Waals surface area contributed by atoms with Crippen LogP contribution in [0.5, 0.6) is 0 Å². The number of rotatable bonds is 3. The molecule has 0 aliphatic carbocycles. The molecule has 17 heavy (non-hydrogen) atoms. The number of aromatic carboxylic acids is 1. The Morgan fingerprint density at radius 2 is 2.29 bits per heavy atom. The number of carboxylic acid groups (broad SMARTS) is 1. The van der Waals surface area contributed by atoms with E-state index in [2.05, 4.69) is 4.98 Å². The number of hydrogen-bond donors (Lipinski definition) is 1. The summed E-state index contributed by atoms with van der Waals surface area (Å²) in [5.74, 6) is -0.922. The Morgan fingerprint density at radius 1 is 1.47 bits per heavy atom. The molecular formula is C11H6N2O2S2. The molecule has 0 atom stereocenters. The van der Waals surface area contributed by atoms with Gasteiger partial charge in [0.1, 0.15) is 16.6 Å². The molecule has 1 N–H and O–H groups in total. The molecule has 0 saturated heterocycles. The first-order valence-corrected chi connectivity index (χ1v) is 6.24. The molecule has 0 aromatic carbocycles. The number of nitrogens with zero attached hydrogens (tertiary/aromatic N) is 2. The van der Waals surface area contributed by atoms with Gasteiger partial charge >= 0.3 is 5.97 Å². The van der Waals surface area contributed by atoms with Gasteiger partial charge in [-0.1, -0.05) is 11.8 Å². The molecule has 0 saturated carbocycles. The Kier molecular flexibility index (Phi) is 3.42. The van der Waals surface area contributed by atoms with Gasteiger partial charge in [0.2, 0.25) is 0 Å². The van der Waals surface area contributed by atoms with Gasteiger partial charge in [0.15, 0.2) is 0 Å². The topological polar surface area (TPSA) is 74.0 Å². The van der Waals surface area contributed by atoms with Crippen molar-refractivity contribution in [1.29, 1.82) is 5.26 Å². The van der Waals surface area contributed by atoms with Crippen LogP contribution in [0.25, 0.3) is 0 Å². The van der Waals surface area contributed by atoms with Gasteiger partial charge in [-0.2, -0.15) is 5.26 Å². The number of thiophene rings is 1. The van der Waals surface area contributed by atoms with Crippen molar-refractivity contribution in [2.75, 3.05) is 0 Å². The van der Waals surface area contributed by atoms with E-state index in [0.29, 0.717) is 10.6 Å². The van der Waals surface area contributed by atoms with Crippen LogP contribution in [0.2, 0.25) is 0 Å². The highest BCUT2D eigenvalue weighted by Crippen LogP contribution is 2.31. The van der Waals surface area contributed by atoms with E-state index in [0.717, 1.165) is 9.79 Å². The van der Waals surface area contributed by atoms with E-state index in [9.17, 15) is 4.79 Å². The molecule has 0 amide bonds. The van der Waals surface area contributed by atoms with Crippen LogP contribution in [0.4, 0.5) is 0 Å². The fourth-order valence-electron chi connectivity index (χ4n) is 1.16. The highest BCUT2D eigenvalue weighted by Gasteiger charge is 2.08. The van der Waals surface area contributed by atoms with Gasteiger partial charge in [-0.15, -0.1) is 11.3 Å². The molecule has 2 aromatic rings. The van der Waals surface area contributed by atoms with E-state index in [1.807, 2.05) is 6.07 Å². The normalized spacial score (nSPS) is 9.82. The summed E-state index contributed by atoms with van der Waals surface area (Å²) in [6.45, 7) is 0. The highest BCUT2D eigenvalue weighted by atomic mass is 32.2. The third-order valence-corrected chi connectivity index (χ3v) is 3.90. The third-order valence-electron chi connectivity index (χ3n) is 1.87. The van der Waals surface area contributed by atoms with E-state index in [4.69, 9.17) is 10.4 Å². The zero-order valence-electron chi connectivity index (χ0n) is 8.45. The smallest absolute Gasteiger partial charge is 0.345 e. The summed E-state index contributed by atoms with van der Waals surface area (Å²) >= 11 is 2.60. The van der Waals surface area contributed by atoms with Crippen molar-refractivity contribution in [2.45, 2.75) is 9.79 Å². The fraction of sp³-hybridized carbons (Fsp3) is 0. The van der Waals surface area contributed by atoms with Crippen LogP contribution in [0, 0.1) is 11.3 Å². The Labute approximate surface area is 106 Å². The molecule has 0 unspecified atom stereocenters. The molecule has 0 aliphatic rings. The van der Waals surface area contributed by atoms with Crippen LogP contribution in [0.1, 0.15) is 15.4 Å². The second kappa shape index (κ2) is 4.99. The lowest BCUT2D eigenvalue weighted by Crippen LogP contribution is -1.89. The van der Waals surface area contributed by atoms with Crippen molar-refractivity contribution in [3.63, 3.8) is 0 Å². The van der Waals surface area contributed by atoms with Gasteiger partial charge in [-0.05, 0) is 18.2 Å². The predicted molar refractivity (Wildman–Crippen MR) is 64.4 cm³/mol. The summed E-state index contributed by atoms with van der Waals surface area (Å²) in [7, 11) is 0. The lowest BCUT2D eigenvalue weighted by Gasteiger charge is -1.97. The van der Waals surface area contributed by atoms with E-state index in [1.165, 1.54) is 23.1 Å². The molecule has 2 heterocycles. The molecule has 0 aliphatic heterocycles. The first-order valence-electron chi connectivity index (χ1n) is 4.55. The van der Waals surface area contributed by atoms with Gasteiger partial charge < -0.3 is 5.11 Å². The Morgan fingerprint density at radius 3 is 2.94 bits per heavy atom. The van der Waals surface area contributed by atoms with E-state index in [-0.39, 0.29) is 0 Å². The van der Waals surface area contributed by atoms with Crippen LogP contribution >= 0.6 is 23.1 Å². The standard InChI is InChI=1S/C11H6N2O2S2/c12-5-7-3-8(1-2-13-7)17-9-4-10(11(14)15)16-6-9/h1-4,6H,(H,14,15). The lowest BCUT2D eigenvalue weighted by molar-refractivity contribution is 0.0702. The number of aromatic nitrogens is 1. The Balaban J connectivity index is 2.19. The molecular weight excluding hydrogens is 256 g/mol. The molecule has 2 aromatic heterocycles. The van der Waals surface area contributed by atoms with E-state index in [1.54, 1.807) is 29.8 Å². The summed E-state index contributed by atoms with van der Waals surface area (Å²) < 4.78 is 0. The van der Waals surface area contributed by atoms with Crippen LogP contribution < -0.4 is 0 Å². The zero-order chi connectivity index (χ0) is 12.3. The predicted octanol–water partition coefficient (Wildman–Crippen LogP) is 2.86. The van der Waals surface area contributed by atoms with Gasteiger partial charge in [-0.25, -0.2) is 9.78 Å². The first kappa shape index (κ1) is 11.6. The minimum atomic E-state index is -0.922. The van der Waals surface area contributed by atoms with Gasteiger partial charge in [0, 0.05) is 21.4 Å². The van der Waals surface area contributed by atoms with Crippen molar-refractivity contribution in [3.8, 4) is 6.07 Å². The van der Waals surface area contributed by atoms with E-state index >= 15 is 0 Å². The maximum atomic E-state index is 10.7. The Hall–Kier alpha value is -1.84. The number of carbonyl (C=O) groups is 1. The van der Waals surface area contributed by atoms with Crippen molar-refractivity contribution in [3.05, 3.63) is 40.3 Å². The highest BCUT2D eigenvalue weighted by molar-refractivity contribution is 7.99. The van der Waals surface area contributed by atoms with Crippen molar-refractivity contribution in [1.82, 2.24) is 4.98 Å². The molecule has 6 heteroatoms. The number of hydrogen-bond acceptors (Lipinski definition) is 5. The summed E-state index contributed by atoms with van der Waals surface area (Å²) in [6.07, 6.45) is 1.56. The molecule has 0 bridgehead atoms. The first-order chi connectivity index (χ1) is 8.19.